The van der Waals surface area contributed by atoms with E-state index in [9.17, 15) is 9.59 Å². The van der Waals surface area contributed by atoms with Crippen molar-refractivity contribution < 1.29 is 14.3 Å². The molecule has 0 aliphatic carbocycles. The van der Waals surface area contributed by atoms with Gasteiger partial charge in [-0.15, -0.1) is 0 Å². The summed E-state index contributed by atoms with van der Waals surface area (Å²) in [6, 6.07) is 5.73. The molecule has 1 aromatic rings. The number of ether oxygens (including phenoxy) is 1. The lowest BCUT2D eigenvalue weighted by Crippen LogP contribution is -2.54. The van der Waals surface area contributed by atoms with Crippen LogP contribution in [0.1, 0.15) is 5.69 Å². The average Bonchev–Trinajstić information content (AvgIpc) is 2.72. The zero-order valence-corrected chi connectivity index (χ0v) is 16.1. The molecule has 1 aromatic heterocycles. The lowest BCUT2D eigenvalue weighted by atomic mass is 10.3. The number of amides is 4. The van der Waals surface area contributed by atoms with Crippen molar-refractivity contribution in [1.29, 1.82) is 0 Å². The SMILES string of the molecule is CN(C)C(=O)N1CCN(C(=O)NCc2cccc(N3CCOCC3)n2)CC1. The highest BCUT2D eigenvalue weighted by Crippen LogP contribution is 2.13. The molecule has 0 aromatic carbocycles. The van der Waals surface area contributed by atoms with E-state index in [0.717, 1.165) is 24.6 Å². The van der Waals surface area contributed by atoms with Gasteiger partial charge in [-0.05, 0) is 12.1 Å². The van der Waals surface area contributed by atoms with E-state index in [0.29, 0.717) is 45.9 Å². The van der Waals surface area contributed by atoms with E-state index in [1.807, 2.05) is 18.2 Å². The molecular weight excluding hydrogens is 348 g/mol. The van der Waals surface area contributed by atoms with Gasteiger partial charge < -0.3 is 29.7 Å². The summed E-state index contributed by atoms with van der Waals surface area (Å²) in [6.07, 6.45) is 0. The second kappa shape index (κ2) is 8.90. The highest BCUT2D eigenvalue weighted by molar-refractivity contribution is 5.76. The van der Waals surface area contributed by atoms with E-state index in [-0.39, 0.29) is 12.1 Å². The molecule has 2 fully saturated rings. The van der Waals surface area contributed by atoms with E-state index in [2.05, 4.69) is 15.2 Å². The summed E-state index contributed by atoms with van der Waals surface area (Å²) >= 11 is 0. The largest absolute Gasteiger partial charge is 0.378 e. The third-order valence-corrected chi connectivity index (χ3v) is 4.77. The molecule has 0 radical (unpaired) electrons. The first-order valence-corrected chi connectivity index (χ1v) is 9.32. The first kappa shape index (κ1) is 19.2. The molecule has 1 N–H and O–H groups in total. The fourth-order valence-electron chi connectivity index (χ4n) is 3.20. The zero-order chi connectivity index (χ0) is 19.2. The normalized spacial score (nSPS) is 17.6. The number of piperazine rings is 1. The maximum atomic E-state index is 12.4. The van der Waals surface area contributed by atoms with Crippen molar-refractivity contribution in [3.8, 4) is 0 Å². The van der Waals surface area contributed by atoms with Gasteiger partial charge in [0, 0.05) is 53.4 Å². The first-order chi connectivity index (χ1) is 13.0. The van der Waals surface area contributed by atoms with Gasteiger partial charge in [0.1, 0.15) is 5.82 Å². The second-order valence-electron chi connectivity index (χ2n) is 6.90. The van der Waals surface area contributed by atoms with Crippen LogP contribution < -0.4 is 10.2 Å². The number of morpholine rings is 1. The van der Waals surface area contributed by atoms with Crippen molar-refractivity contribution in [3.63, 3.8) is 0 Å². The van der Waals surface area contributed by atoms with Gasteiger partial charge in [0.05, 0.1) is 25.5 Å². The van der Waals surface area contributed by atoms with Crippen LogP contribution in [-0.4, -0.2) is 98.3 Å². The number of nitrogens with one attached hydrogen (secondary N) is 1. The number of carbonyl (C=O) groups excluding carboxylic acids is 2. The average molecular weight is 376 g/mol. The summed E-state index contributed by atoms with van der Waals surface area (Å²) in [5.74, 6) is 0.917. The number of hydrogen-bond donors (Lipinski definition) is 1. The van der Waals surface area contributed by atoms with Crippen molar-refractivity contribution in [1.82, 2.24) is 25.0 Å². The maximum Gasteiger partial charge on any atom is 0.319 e. The van der Waals surface area contributed by atoms with Crippen molar-refractivity contribution in [3.05, 3.63) is 23.9 Å². The van der Waals surface area contributed by atoms with Crippen LogP contribution in [-0.2, 0) is 11.3 Å². The Kier molecular flexibility index (Phi) is 6.33. The summed E-state index contributed by atoms with van der Waals surface area (Å²) in [5, 5.41) is 2.93. The van der Waals surface area contributed by atoms with E-state index in [1.54, 1.807) is 28.8 Å². The molecule has 0 atom stereocenters. The van der Waals surface area contributed by atoms with Crippen LogP contribution in [0.25, 0.3) is 0 Å². The Morgan fingerprint density at radius 3 is 2.41 bits per heavy atom. The Bertz CT molecular complexity index is 654. The monoisotopic (exact) mass is 376 g/mol. The standard InChI is InChI=1S/C18H28N6O3/c1-21(2)18(26)24-8-6-23(7-9-24)17(25)19-14-15-4-3-5-16(20-15)22-10-12-27-13-11-22/h3-5H,6-14H2,1-2H3,(H,19,25). The minimum Gasteiger partial charge on any atom is -0.378 e. The Labute approximate surface area is 159 Å². The molecule has 0 saturated carbocycles. The molecule has 2 aliphatic heterocycles. The van der Waals surface area contributed by atoms with Gasteiger partial charge in [-0.1, -0.05) is 6.07 Å². The molecule has 148 valence electrons. The number of anilines is 1. The fraction of sp³-hybridized carbons (Fsp3) is 0.611. The molecule has 3 rings (SSSR count). The van der Waals surface area contributed by atoms with Gasteiger partial charge >= 0.3 is 12.1 Å². The van der Waals surface area contributed by atoms with Crippen LogP contribution >= 0.6 is 0 Å². The molecular formula is C18H28N6O3. The van der Waals surface area contributed by atoms with Gasteiger partial charge in [-0.25, -0.2) is 14.6 Å². The molecule has 0 bridgehead atoms. The van der Waals surface area contributed by atoms with E-state index in [4.69, 9.17) is 4.74 Å². The minimum atomic E-state index is -0.120. The van der Waals surface area contributed by atoms with Crippen LogP contribution in [0.4, 0.5) is 15.4 Å². The van der Waals surface area contributed by atoms with Crippen LogP contribution in [0.5, 0.6) is 0 Å². The summed E-state index contributed by atoms with van der Waals surface area (Å²) < 4.78 is 5.37. The highest BCUT2D eigenvalue weighted by Gasteiger charge is 2.24. The Morgan fingerprint density at radius 2 is 1.74 bits per heavy atom. The molecule has 9 nitrogen and oxygen atoms in total. The molecule has 4 amide bonds. The van der Waals surface area contributed by atoms with E-state index < -0.39 is 0 Å². The van der Waals surface area contributed by atoms with Gasteiger partial charge in [0.2, 0.25) is 0 Å². The molecule has 9 heteroatoms. The van der Waals surface area contributed by atoms with Crippen molar-refractivity contribution in [2.75, 3.05) is 71.5 Å². The molecule has 27 heavy (non-hydrogen) atoms. The number of rotatable bonds is 3. The van der Waals surface area contributed by atoms with Gasteiger partial charge in [-0.3, -0.25) is 0 Å². The summed E-state index contributed by atoms with van der Waals surface area (Å²) in [4.78, 5) is 36.3. The van der Waals surface area contributed by atoms with Crippen LogP contribution in [0, 0.1) is 0 Å². The number of carbonyl (C=O) groups is 2. The summed E-state index contributed by atoms with van der Waals surface area (Å²) in [5.41, 5.74) is 0.828. The van der Waals surface area contributed by atoms with E-state index in [1.165, 1.54) is 0 Å². The molecule has 2 aliphatic rings. The molecule has 0 spiro atoms. The predicted molar refractivity (Wildman–Crippen MR) is 102 cm³/mol. The van der Waals surface area contributed by atoms with Crippen molar-refractivity contribution >= 4 is 17.9 Å². The Morgan fingerprint density at radius 1 is 1.07 bits per heavy atom. The summed E-state index contributed by atoms with van der Waals surface area (Å²) in [6.45, 7) is 5.64. The lowest BCUT2D eigenvalue weighted by Gasteiger charge is -2.35. The van der Waals surface area contributed by atoms with Crippen LogP contribution in [0.2, 0.25) is 0 Å². The topological polar surface area (TPSA) is 81.3 Å². The third-order valence-electron chi connectivity index (χ3n) is 4.77. The number of nitrogens with zero attached hydrogens (tertiary/aromatic N) is 5. The van der Waals surface area contributed by atoms with Crippen molar-refractivity contribution in [2.45, 2.75) is 6.54 Å². The first-order valence-electron chi connectivity index (χ1n) is 9.32. The summed E-state index contributed by atoms with van der Waals surface area (Å²) in [7, 11) is 3.47. The fourth-order valence-corrected chi connectivity index (χ4v) is 3.20. The number of aromatic nitrogens is 1. The zero-order valence-electron chi connectivity index (χ0n) is 16.1. The number of hydrogen-bond acceptors (Lipinski definition) is 5. The Balaban J connectivity index is 1.47. The minimum absolute atomic E-state index is 0.0146. The molecule has 2 saturated heterocycles. The smallest absolute Gasteiger partial charge is 0.319 e. The molecule has 0 unspecified atom stereocenters. The Hall–Kier alpha value is -2.55. The molecule has 3 heterocycles. The van der Waals surface area contributed by atoms with E-state index >= 15 is 0 Å². The maximum absolute atomic E-state index is 12.4. The third kappa shape index (κ3) is 5.00. The predicted octanol–water partition coefficient (Wildman–Crippen LogP) is 0.427. The number of pyridine rings is 1. The second-order valence-corrected chi connectivity index (χ2v) is 6.90. The van der Waals surface area contributed by atoms with Crippen LogP contribution in [0.3, 0.4) is 0 Å². The van der Waals surface area contributed by atoms with Gasteiger partial charge in [0.15, 0.2) is 0 Å². The van der Waals surface area contributed by atoms with Crippen LogP contribution in [0.15, 0.2) is 18.2 Å². The van der Waals surface area contributed by atoms with Crippen molar-refractivity contribution in [2.24, 2.45) is 0 Å². The van der Waals surface area contributed by atoms with Gasteiger partial charge in [-0.2, -0.15) is 0 Å². The number of urea groups is 2. The lowest BCUT2D eigenvalue weighted by molar-refractivity contribution is 0.122. The quantitative estimate of drug-likeness (QED) is 0.827. The highest BCUT2D eigenvalue weighted by atomic mass is 16.5. The van der Waals surface area contributed by atoms with Gasteiger partial charge in [0.25, 0.3) is 0 Å².